The number of carbonyl (C=O) groups is 2. The van der Waals surface area contributed by atoms with E-state index < -0.39 is 0 Å². The van der Waals surface area contributed by atoms with Crippen LogP contribution in [-0.2, 0) is 4.79 Å². The van der Waals surface area contributed by atoms with Crippen LogP contribution in [0.5, 0.6) is 0 Å². The summed E-state index contributed by atoms with van der Waals surface area (Å²) in [6, 6.07) is 3.46. The van der Waals surface area contributed by atoms with Gasteiger partial charge in [0.1, 0.15) is 0 Å². The SMILES string of the molecule is O=C(NCCCNC(=O)C1CCCC1)c1cccnc1. The van der Waals surface area contributed by atoms with Gasteiger partial charge in [-0.3, -0.25) is 14.6 Å². The first-order chi connectivity index (χ1) is 9.77. The van der Waals surface area contributed by atoms with E-state index in [2.05, 4.69) is 15.6 Å². The Kier molecular flexibility index (Phi) is 5.53. The molecule has 0 aliphatic heterocycles. The van der Waals surface area contributed by atoms with E-state index in [4.69, 9.17) is 0 Å². The Morgan fingerprint density at radius 3 is 2.65 bits per heavy atom. The van der Waals surface area contributed by atoms with Crippen molar-refractivity contribution in [1.29, 1.82) is 0 Å². The summed E-state index contributed by atoms with van der Waals surface area (Å²) in [5, 5.41) is 5.75. The second-order valence-electron chi connectivity index (χ2n) is 5.12. The molecule has 20 heavy (non-hydrogen) atoms. The molecule has 0 unspecified atom stereocenters. The van der Waals surface area contributed by atoms with Gasteiger partial charge in [-0.05, 0) is 31.4 Å². The summed E-state index contributed by atoms with van der Waals surface area (Å²) in [6.45, 7) is 1.17. The lowest BCUT2D eigenvalue weighted by Gasteiger charge is -2.10. The third-order valence-electron chi connectivity index (χ3n) is 3.59. The number of pyridine rings is 1. The van der Waals surface area contributed by atoms with Gasteiger partial charge < -0.3 is 10.6 Å². The van der Waals surface area contributed by atoms with Crippen molar-refractivity contribution in [3.63, 3.8) is 0 Å². The molecule has 0 bridgehead atoms. The van der Waals surface area contributed by atoms with Crippen LogP contribution in [0.1, 0.15) is 42.5 Å². The van der Waals surface area contributed by atoms with E-state index in [9.17, 15) is 9.59 Å². The van der Waals surface area contributed by atoms with Gasteiger partial charge in [0.05, 0.1) is 5.56 Å². The van der Waals surface area contributed by atoms with E-state index in [-0.39, 0.29) is 17.7 Å². The quantitative estimate of drug-likeness (QED) is 0.773. The number of rotatable bonds is 6. The summed E-state index contributed by atoms with van der Waals surface area (Å²) in [7, 11) is 0. The van der Waals surface area contributed by atoms with Crippen LogP contribution in [-0.4, -0.2) is 29.9 Å². The molecule has 1 aromatic heterocycles. The van der Waals surface area contributed by atoms with Crippen molar-refractivity contribution in [2.75, 3.05) is 13.1 Å². The number of amides is 2. The van der Waals surface area contributed by atoms with Gasteiger partial charge in [0, 0.05) is 31.4 Å². The smallest absolute Gasteiger partial charge is 0.252 e. The molecular weight excluding hydrogens is 254 g/mol. The topological polar surface area (TPSA) is 71.1 Å². The van der Waals surface area contributed by atoms with Gasteiger partial charge in [-0.2, -0.15) is 0 Å². The van der Waals surface area contributed by atoms with Crippen LogP contribution in [0, 0.1) is 5.92 Å². The number of aromatic nitrogens is 1. The van der Waals surface area contributed by atoms with Crippen molar-refractivity contribution < 1.29 is 9.59 Å². The summed E-state index contributed by atoms with van der Waals surface area (Å²) in [5.74, 6) is 0.251. The van der Waals surface area contributed by atoms with Gasteiger partial charge in [-0.15, -0.1) is 0 Å². The van der Waals surface area contributed by atoms with Crippen molar-refractivity contribution >= 4 is 11.8 Å². The van der Waals surface area contributed by atoms with Crippen LogP contribution >= 0.6 is 0 Å². The number of nitrogens with one attached hydrogen (secondary N) is 2. The largest absolute Gasteiger partial charge is 0.356 e. The van der Waals surface area contributed by atoms with E-state index in [0.717, 1.165) is 19.3 Å². The van der Waals surface area contributed by atoms with Crippen LogP contribution < -0.4 is 10.6 Å². The predicted molar refractivity (Wildman–Crippen MR) is 76.2 cm³/mol. The van der Waals surface area contributed by atoms with Crippen LogP contribution in [0.4, 0.5) is 0 Å². The molecule has 5 heteroatoms. The number of carbonyl (C=O) groups excluding carboxylic acids is 2. The van der Waals surface area contributed by atoms with Gasteiger partial charge in [-0.1, -0.05) is 12.8 Å². The minimum absolute atomic E-state index is 0.125. The third-order valence-corrected chi connectivity index (χ3v) is 3.59. The van der Waals surface area contributed by atoms with Crippen molar-refractivity contribution in [2.24, 2.45) is 5.92 Å². The van der Waals surface area contributed by atoms with Crippen molar-refractivity contribution in [3.8, 4) is 0 Å². The van der Waals surface area contributed by atoms with Gasteiger partial charge in [0.2, 0.25) is 5.91 Å². The van der Waals surface area contributed by atoms with Gasteiger partial charge in [0.15, 0.2) is 0 Å². The molecule has 1 saturated carbocycles. The summed E-state index contributed by atoms with van der Waals surface area (Å²) >= 11 is 0. The minimum Gasteiger partial charge on any atom is -0.356 e. The van der Waals surface area contributed by atoms with Crippen molar-refractivity contribution in [1.82, 2.24) is 15.6 Å². The molecule has 2 amide bonds. The average molecular weight is 275 g/mol. The summed E-state index contributed by atoms with van der Waals surface area (Å²) < 4.78 is 0. The zero-order valence-electron chi connectivity index (χ0n) is 11.6. The number of nitrogens with zero attached hydrogens (tertiary/aromatic N) is 1. The highest BCUT2D eigenvalue weighted by Crippen LogP contribution is 2.24. The lowest BCUT2D eigenvalue weighted by molar-refractivity contribution is -0.124. The summed E-state index contributed by atoms with van der Waals surface area (Å²) in [6.07, 6.45) is 8.28. The maximum absolute atomic E-state index is 11.8. The lowest BCUT2D eigenvalue weighted by Crippen LogP contribution is -2.32. The highest BCUT2D eigenvalue weighted by atomic mass is 16.2. The average Bonchev–Trinajstić information content (AvgIpc) is 3.01. The summed E-state index contributed by atoms with van der Waals surface area (Å²) in [5.41, 5.74) is 0.558. The van der Waals surface area contributed by atoms with E-state index >= 15 is 0 Å². The monoisotopic (exact) mass is 275 g/mol. The molecule has 0 spiro atoms. The molecule has 0 atom stereocenters. The van der Waals surface area contributed by atoms with E-state index in [1.807, 2.05) is 0 Å². The highest BCUT2D eigenvalue weighted by Gasteiger charge is 2.21. The lowest BCUT2D eigenvalue weighted by atomic mass is 10.1. The van der Waals surface area contributed by atoms with E-state index in [0.29, 0.717) is 18.7 Å². The maximum Gasteiger partial charge on any atom is 0.252 e. The third kappa shape index (κ3) is 4.33. The highest BCUT2D eigenvalue weighted by molar-refractivity contribution is 5.93. The molecule has 5 nitrogen and oxygen atoms in total. The Labute approximate surface area is 119 Å². The molecule has 0 aromatic carbocycles. The minimum atomic E-state index is -0.125. The molecule has 1 aliphatic rings. The zero-order valence-corrected chi connectivity index (χ0v) is 11.6. The number of hydrogen-bond acceptors (Lipinski definition) is 3. The van der Waals surface area contributed by atoms with Crippen molar-refractivity contribution in [3.05, 3.63) is 30.1 Å². The molecule has 1 fully saturated rings. The second kappa shape index (κ2) is 7.62. The fourth-order valence-electron chi connectivity index (χ4n) is 2.43. The Morgan fingerprint density at radius 2 is 1.95 bits per heavy atom. The molecule has 0 radical (unpaired) electrons. The molecule has 0 saturated heterocycles. The Balaban J connectivity index is 1.57. The molecule has 1 aliphatic carbocycles. The summed E-state index contributed by atoms with van der Waals surface area (Å²) in [4.78, 5) is 27.4. The van der Waals surface area contributed by atoms with Crippen LogP contribution in [0.3, 0.4) is 0 Å². The van der Waals surface area contributed by atoms with Crippen LogP contribution in [0.15, 0.2) is 24.5 Å². The van der Waals surface area contributed by atoms with E-state index in [1.54, 1.807) is 18.3 Å². The first kappa shape index (κ1) is 14.5. The zero-order chi connectivity index (χ0) is 14.2. The Hall–Kier alpha value is -1.91. The Bertz CT molecular complexity index is 442. The van der Waals surface area contributed by atoms with Gasteiger partial charge in [0.25, 0.3) is 5.91 Å². The molecule has 1 aromatic rings. The molecule has 2 N–H and O–H groups in total. The fourth-order valence-corrected chi connectivity index (χ4v) is 2.43. The fraction of sp³-hybridized carbons (Fsp3) is 0.533. The molecule has 108 valence electrons. The first-order valence-electron chi connectivity index (χ1n) is 7.23. The van der Waals surface area contributed by atoms with Crippen molar-refractivity contribution in [2.45, 2.75) is 32.1 Å². The molecular formula is C15H21N3O2. The normalized spacial score (nSPS) is 15.0. The first-order valence-corrected chi connectivity index (χ1v) is 7.23. The molecule has 1 heterocycles. The van der Waals surface area contributed by atoms with Gasteiger partial charge >= 0.3 is 0 Å². The maximum atomic E-state index is 11.8. The second-order valence-corrected chi connectivity index (χ2v) is 5.12. The van der Waals surface area contributed by atoms with Crippen LogP contribution in [0.2, 0.25) is 0 Å². The Morgan fingerprint density at radius 1 is 1.20 bits per heavy atom. The number of hydrogen-bond donors (Lipinski definition) is 2. The van der Waals surface area contributed by atoms with E-state index in [1.165, 1.54) is 19.0 Å². The standard InChI is InChI=1S/C15H21N3O2/c19-14(12-5-1-2-6-12)17-9-4-10-18-15(20)13-7-3-8-16-11-13/h3,7-8,11-12H,1-2,4-6,9-10H2,(H,17,19)(H,18,20). The van der Waals surface area contributed by atoms with Crippen LogP contribution in [0.25, 0.3) is 0 Å². The molecule has 2 rings (SSSR count). The van der Waals surface area contributed by atoms with Gasteiger partial charge in [-0.25, -0.2) is 0 Å². The predicted octanol–water partition coefficient (Wildman–Crippen LogP) is 1.51.